The second-order valence-electron chi connectivity index (χ2n) is 6.64. The Balaban J connectivity index is 1.94. The first-order valence-electron chi connectivity index (χ1n) is 8.62. The summed E-state index contributed by atoms with van der Waals surface area (Å²) in [7, 11) is 0. The van der Waals surface area contributed by atoms with Gasteiger partial charge in [-0.25, -0.2) is 9.37 Å². The molecule has 146 valence electrons. The SMILES string of the molecule is Cc1nc(COc2ccc(F)cc2)sc1C(=O)NCC(CC(C)C)C(=O)O. The van der Waals surface area contributed by atoms with Gasteiger partial charge in [-0.2, -0.15) is 0 Å². The van der Waals surface area contributed by atoms with Crippen LogP contribution in [0.2, 0.25) is 0 Å². The van der Waals surface area contributed by atoms with Crippen molar-refractivity contribution >= 4 is 23.2 Å². The number of aliphatic carboxylic acids is 1. The summed E-state index contributed by atoms with van der Waals surface area (Å²) < 4.78 is 18.4. The summed E-state index contributed by atoms with van der Waals surface area (Å²) >= 11 is 1.19. The minimum atomic E-state index is -0.918. The minimum Gasteiger partial charge on any atom is -0.486 e. The predicted molar refractivity (Wildman–Crippen MR) is 100 cm³/mol. The molecule has 0 saturated carbocycles. The molecule has 1 heterocycles. The summed E-state index contributed by atoms with van der Waals surface area (Å²) in [6, 6.07) is 5.64. The third-order valence-corrected chi connectivity index (χ3v) is 4.97. The number of carboxylic acid groups (broad SMARTS) is 1. The van der Waals surface area contributed by atoms with E-state index in [4.69, 9.17) is 4.74 Å². The number of hydrogen-bond acceptors (Lipinski definition) is 5. The van der Waals surface area contributed by atoms with Gasteiger partial charge < -0.3 is 15.2 Å². The molecule has 1 amide bonds. The van der Waals surface area contributed by atoms with Crippen molar-refractivity contribution in [2.45, 2.75) is 33.8 Å². The monoisotopic (exact) mass is 394 g/mol. The van der Waals surface area contributed by atoms with Gasteiger partial charge in [0.25, 0.3) is 5.91 Å². The van der Waals surface area contributed by atoms with Gasteiger partial charge >= 0.3 is 5.97 Å². The number of benzene rings is 1. The number of nitrogens with zero attached hydrogens (tertiary/aromatic N) is 1. The van der Waals surface area contributed by atoms with Crippen LogP contribution < -0.4 is 10.1 Å². The van der Waals surface area contributed by atoms with E-state index in [-0.39, 0.29) is 30.8 Å². The maximum Gasteiger partial charge on any atom is 0.308 e. The zero-order chi connectivity index (χ0) is 20.0. The number of halogens is 1. The number of amides is 1. The number of nitrogens with one attached hydrogen (secondary N) is 1. The Labute approximate surface area is 161 Å². The number of carboxylic acids is 1. The molecule has 1 unspecified atom stereocenters. The minimum absolute atomic E-state index is 0.0745. The van der Waals surface area contributed by atoms with Crippen LogP contribution in [0.4, 0.5) is 4.39 Å². The standard InChI is InChI=1S/C19H23FN2O4S/c1-11(2)8-13(19(24)25)9-21-18(23)17-12(3)22-16(27-17)10-26-15-6-4-14(20)5-7-15/h4-7,11,13H,8-10H2,1-3H3,(H,21,23)(H,24,25). The number of hydrogen-bond donors (Lipinski definition) is 2. The topological polar surface area (TPSA) is 88.5 Å². The van der Waals surface area contributed by atoms with Gasteiger partial charge in [0.2, 0.25) is 0 Å². The summed E-state index contributed by atoms with van der Waals surface area (Å²) in [5.41, 5.74) is 0.561. The van der Waals surface area contributed by atoms with E-state index < -0.39 is 11.9 Å². The van der Waals surface area contributed by atoms with Crippen molar-refractivity contribution in [3.05, 3.63) is 45.7 Å². The molecule has 0 saturated heterocycles. The molecular weight excluding hydrogens is 371 g/mol. The first-order chi connectivity index (χ1) is 12.8. The molecule has 2 aromatic rings. The lowest BCUT2D eigenvalue weighted by atomic mass is 9.97. The summed E-state index contributed by atoms with van der Waals surface area (Å²) in [4.78, 5) is 28.4. The summed E-state index contributed by atoms with van der Waals surface area (Å²) in [5.74, 6) is -1.49. The first kappa shape index (κ1) is 20.8. The Morgan fingerprint density at radius 2 is 1.96 bits per heavy atom. The number of aryl methyl sites for hydroxylation is 1. The van der Waals surface area contributed by atoms with Gasteiger partial charge in [0.15, 0.2) is 0 Å². The lowest BCUT2D eigenvalue weighted by Gasteiger charge is -2.15. The van der Waals surface area contributed by atoms with Gasteiger partial charge in [-0.1, -0.05) is 13.8 Å². The Morgan fingerprint density at radius 1 is 1.30 bits per heavy atom. The van der Waals surface area contributed by atoms with Gasteiger partial charge in [-0.05, 0) is 43.5 Å². The summed E-state index contributed by atoms with van der Waals surface area (Å²) in [6.45, 7) is 5.84. The van der Waals surface area contributed by atoms with Crippen molar-refractivity contribution in [3.63, 3.8) is 0 Å². The Bertz CT molecular complexity index is 790. The van der Waals surface area contributed by atoms with Crippen LogP contribution >= 0.6 is 11.3 Å². The maximum absolute atomic E-state index is 12.9. The molecule has 1 aromatic heterocycles. The van der Waals surface area contributed by atoms with E-state index in [0.717, 1.165) is 0 Å². The van der Waals surface area contributed by atoms with Crippen molar-refractivity contribution in [2.24, 2.45) is 11.8 Å². The molecule has 0 aliphatic carbocycles. The molecule has 0 aliphatic rings. The third kappa shape index (κ3) is 6.32. The summed E-state index contributed by atoms with van der Waals surface area (Å²) in [5, 5.41) is 12.6. The Kier molecular flexibility index (Phi) is 7.29. The van der Waals surface area contributed by atoms with Crippen LogP contribution in [0.3, 0.4) is 0 Å². The van der Waals surface area contributed by atoms with Crippen LogP contribution in [0.25, 0.3) is 0 Å². The molecule has 0 aliphatic heterocycles. The van der Waals surface area contributed by atoms with Crippen molar-refractivity contribution < 1.29 is 23.8 Å². The van der Waals surface area contributed by atoms with Crippen LogP contribution in [0.1, 0.15) is 40.6 Å². The van der Waals surface area contributed by atoms with E-state index in [0.29, 0.717) is 27.7 Å². The molecule has 1 aromatic carbocycles. The van der Waals surface area contributed by atoms with E-state index in [1.165, 1.54) is 35.6 Å². The maximum atomic E-state index is 12.9. The molecule has 0 radical (unpaired) electrons. The number of carbonyl (C=O) groups is 2. The average molecular weight is 394 g/mol. The molecule has 27 heavy (non-hydrogen) atoms. The normalized spacial score (nSPS) is 12.0. The van der Waals surface area contributed by atoms with Crippen molar-refractivity contribution in [2.75, 3.05) is 6.54 Å². The Hall–Kier alpha value is -2.48. The molecule has 6 nitrogen and oxygen atoms in total. The largest absolute Gasteiger partial charge is 0.486 e. The van der Waals surface area contributed by atoms with Crippen LogP contribution in [0, 0.1) is 24.6 Å². The number of ether oxygens (including phenoxy) is 1. The third-order valence-electron chi connectivity index (χ3n) is 3.84. The van der Waals surface area contributed by atoms with Crippen molar-refractivity contribution in [1.82, 2.24) is 10.3 Å². The predicted octanol–water partition coefficient (Wildman–Crippen LogP) is 3.65. The fourth-order valence-electron chi connectivity index (χ4n) is 2.54. The van der Waals surface area contributed by atoms with Crippen molar-refractivity contribution in [3.8, 4) is 5.75 Å². The smallest absolute Gasteiger partial charge is 0.308 e. The van der Waals surface area contributed by atoms with Gasteiger partial charge in [-0.15, -0.1) is 11.3 Å². The van der Waals surface area contributed by atoms with Crippen LogP contribution in [0.5, 0.6) is 5.75 Å². The van der Waals surface area contributed by atoms with E-state index in [1.54, 1.807) is 6.92 Å². The molecule has 0 bridgehead atoms. The highest BCUT2D eigenvalue weighted by Gasteiger charge is 2.22. The first-order valence-corrected chi connectivity index (χ1v) is 9.43. The van der Waals surface area contributed by atoms with Gasteiger partial charge in [0.05, 0.1) is 11.6 Å². The highest BCUT2D eigenvalue weighted by Crippen LogP contribution is 2.21. The fraction of sp³-hybridized carbons (Fsp3) is 0.421. The number of aromatic nitrogens is 1. The molecule has 8 heteroatoms. The number of rotatable bonds is 9. The Morgan fingerprint density at radius 3 is 2.56 bits per heavy atom. The van der Waals surface area contributed by atoms with Gasteiger partial charge in [0.1, 0.15) is 28.1 Å². The second-order valence-corrected chi connectivity index (χ2v) is 7.72. The van der Waals surface area contributed by atoms with Gasteiger partial charge in [-0.3, -0.25) is 9.59 Å². The van der Waals surface area contributed by atoms with E-state index in [2.05, 4.69) is 10.3 Å². The molecule has 2 rings (SSSR count). The van der Waals surface area contributed by atoms with Crippen LogP contribution in [-0.2, 0) is 11.4 Å². The fourth-order valence-corrected chi connectivity index (χ4v) is 3.43. The van der Waals surface area contributed by atoms with Crippen LogP contribution in [-0.4, -0.2) is 28.5 Å². The molecule has 1 atom stereocenters. The van der Waals surface area contributed by atoms with Gasteiger partial charge in [0, 0.05) is 6.54 Å². The van der Waals surface area contributed by atoms with E-state index in [1.807, 2.05) is 13.8 Å². The second kappa shape index (κ2) is 9.45. The molecule has 0 fully saturated rings. The number of thiazole rings is 1. The van der Waals surface area contributed by atoms with Crippen LogP contribution in [0.15, 0.2) is 24.3 Å². The van der Waals surface area contributed by atoms with E-state index in [9.17, 15) is 19.1 Å². The highest BCUT2D eigenvalue weighted by molar-refractivity contribution is 7.13. The summed E-state index contributed by atoms with van der Waals surface area (Å²) in [6.07, 6.45) is 0.494. The molecule has 0 spiro atoms. The highest BCUT2D eigenvalue weighted by atomic mass is 32.1. The number of carbonyl (C=O) groups excluding carboxylic acids is 1. The zero-order valence-electron chi connectivity index (χ0n) is 15.5. The lowest BCUT2D eigenvalue weighted by molar-refractivity contribution is -0.142. The van der Waals surface area contributed by atoms with E-state index >= 15 is 0 Å². The van der Waals surface area contributed by atoms with Crippen molar-refractivity contribution in [1.29, 1.82) is 0 Å². The zero-order valence-corrected chi connectivity index (χ0v) is 16.3. The quantitative estimate of drug-likeness (QED) is 0.678. The molecule has 2 N–H and O–H groups in total. The lowest BCUT2D eigenvalue weighted by Crippen LogP contribution is -2.33. The average Bonchev–Trinajstić information content (AvgIpc) is 2.98. The molecular formula is C19H23FN2O4S.